The SMILES string of the molecule is CC=CCC.S.c1ccccc1. The molecule has 0 spiro atoms. The zero-order chi connectivity index (χ0) is 8.36. The van der Waals surface area contributed by atoms with Crippen LogP contribution in [0.3, 0.4) is 0 Å². The maximum absolute atomic E-state index is 2.12. The Morgan fingerprint density at radius 1 is 0.917 bits per heavy atom. The molecule has 0 aliphatic carbocycles. The highest BCUT2D eigenvalue weighted by atomic mass is 32.1. The van der Waals surface area contributed by atoms with E-state index >= 15 is 0 Å². The lowest BCUT2D eigenvalue weighted by molar-refractivity contribution is 1.22. The second-order valence-electron chi connectivity index (χ2n) is 2.13. The predicted octanol–water partition coefficient (Wildman–Crippen LogP) is 3.77. The van der Waals surface area contributed by atoms with Crippen molar-refractivity contribution in [2.24, 2.45) is 0 Å². The van der Waals surface area contributed by atoms with Gasteiger partial charge in [0.25, 0.3) is 0 Å². The van der Waals surface area contributed by atoms with Crippen LogP contribution in [0.25, 0.3) is 0 Å². The lowest BCUT2D eigenvalue weighted by atomic mass is 10.4. The fourth-order valence-electron chi connectivity index (χ4n) is 0.621. The molecular formula is C11H18S. The van der Waals surface area contributed by atoms with Gasteiger partial charge < -0.3 is 0 Å². The number of benzene rings is 1. The molecule has 68 valence electrons. The van der Waals surface area contributed by atoms with Crippen LogP contribution >= 0.6 is 13.5 Å². The predicted molar refractivity (Wildman–Crippen MR) is 61.9 cm³/mol. The summed E-state index contributed by atoms with van der Waals surface area (Å²) in [5.41, 5.74) is 0. The number of allylic oxidation sites excluding steroid dienone is 2. The van der Waals surface area contributed by atoms with Crippen LogP contribution < -0.4 is 0 Å². The average Bonchev–Trinajstić information content (AvgIpc) is 2.10. The van der Waals surface area contributed by atoms with Gasteiger partial charge in [-0.25, -0.2) is 0 Å². The molecule has 0 radical (unpaired) electrons. The number of hydrogen-bond acceptors (Lipinski definition) is 0. The topological polar surface area (TPSA) is 0 Å². The number of rotatable bonds is 1. The highest BCUT2D eigenvalue weighted by Crippen LogP contribution is 1.79. The third kappa shape index (κ3) is 12.0. The molecule has 0 atom stereocenters. The Morgan fingerprint density at radius 2 is 1.25 bits per heavy atom. The molecular weight excluding hydrogens is 164 g/mol. The Kier molecular flexibility index (Phi) is 15.0. The van der Waals surface area contributed by atoms with Crippen molar-refractivity contribution >= 4 is 13.5 Å². The molecule has 1 aromatic carbocycles. The van der Waals surface area contributed by atoms with E-state index in [0.29, 0.717) is 0 Å². The smallest absolute Gasteiger partial charge is 0.0379 e. The van der Waals surface area contributed by atoms with Gasteiger partial charge in [0, 0.05) is 0 Å². The highest BCUT2D eigenvalue weighted by Gasteiger charge is 1.57. The highest BCUT2D eigenvalue weighted by molar-refractivity contribution is 7.59. The maximum Gasteiger partial charge on any atom is -0.0379 e. The normalized spacial score (nSPS) is 8.17. The Hall–Kier alpha value is -0.690. The molecule has 1 heteroatoms. The molecule has 1 rings (SSSR count). The van der Waals surface area contributed by atoms with Crippen molar-refractivity contribution in [3.63, 3.8) is 0 Å². The fraction of sp³-hybridized carbons (Fsp3) is 0.273. The zero-order valence-electron chi connectivity index (χ0n) is 7.83. The van der Waals surface area contributed by atoms with Gasteiger partial charge in [0.05, 0.1) is 0 Å². The Morgan fingerprint density at radius 3 is 1.33 bits per heavy atom. The molecule has 0 aromatic heterocycles. The van der Waals surface area contributed by atoms with Crippen LogP contribution in [0.15, 0.2) is 48.6 Å². The average molecular weight is 182 g/mol. The van der Waals surface area contributed by atoms with Crippen LogP contribution in [0, 0.1) is 0 Å². The van der Waals surface area contributed by atoms with Crippen molar-refractivity contribution in [2.45, 2.75) is 20.3 Å². The molecule has 0 heterocycles. The lowest BCUT2D eigenvalue weighted by Gasteiger charge is -1.69. The van der Waals surface area contributed by atoms with E-state index in [9.17, 15) is 0 Å². The zero-order valence-corrected chi connectivity index (χ0v) is 8.83. The summed E-state index contributed by atoms with van der Waals surface area (Å²) in [4.78, 5) is 0. The van der Waals surface area contributed by atoms with Gasteiger partial charge in [0.15, 0.2) is 0 Å². The summed E-state index contributed by atoms with van der Waals surface area (Å²) < 4.78 is 0. The first-order chi connectivity index (χ1) is 5.41. The van der Waals surface area contributed by atoms with E-state index in [2.05, 4.69) is 19.1 Å². The minimum Gasteiger partial charge on any atom is -0.197 e. The van der Waals surface area contributed by atoms with Gasteiger partial charge in [0.1, 0.15) is 0 Å². The standard InChI is InChI=1S/C6H6.C5H10.H2S/c1-2-4-6-5-3-1;1-3-5-4-2;/h1-6H;3,5H,4H2,1-2H3;1H2. The largest absolute Gasteiger partial charge is 0.197 e. The maximum atomic E-state index is 2.12. The van der Waals surface area contributed by atoms with Crippen molar-refractivity contribution in [3.05, 3.63) is 48.6 Å². The molecule has 0 aliphatic rings. The van der Waals surface area contributed by atoms with Gasteiger partial charge >= 0.3 is 0 Å². The Labute approximate surface area is 82.8 Å². The molecule has 0 bridgehead atoms. The molecule has 0 saturated heterocycles. The van der Waals surface area contributed by atoms with Crippen LogP contribution in [0.2, 0.25) is 0 Å². The van der Waals surface area contributed by atoms with Gasteiger partial charge in [-0.05, 0) is 13.3 Å². The van der Waals surface area contributed by atoms with Crippen molar-refractivity contribution in [3.8, 4) is 0 Å². The summed E-state index contributed by atoms with van der Waals surface area (Å²) in [6.45, 7) is 4.16. The second-order valence-corrected chi connectivity index (χ2v) is 2.13. The van der Waals surface area contributed by atoms with Crippen molar-refractivity contribution in [1.82, 2.24) is 0 Å². The minimum atomic E-state index is 0. The Bertz CT molecular complexity index is 141. The van der Waals surface area contributed by atoms with Crippen LogP contribution in [0.1, 0.15) is 20.3 Å². The third-order valence-electron chi connectivity index (χ3n) is 1.14. The van der Waals surface area contributed by atoms with Gasteiger partial charge in [-0.3, -0.25) is 0 Å². The molecule has 0 amide bonds. The second kappa shape index (κ2) is 12.9. The summed E-state index contributed by atoms with van der Waals surface area (Å²) >= 11 is 0. The van der Waals surface area contributed by atoms with Crippen molar-refractivity contribution in [2.75, 3.05) is 0 Å². The minimum absolute atomic E-state index is 0. The first kappa shape index (κ1) is 13.9. The summed E-state index contributed by atoms with van der Waals surface area (Å²) in [6, 6.07) is 12.0. The van der Waals surface area contributed by atoms with Crippen molar-refractivity contribution < 1.29 is 0 Å². The summed E-state index contributed by atoms with van der Waals surface area (Å²) in [5.74, 6) is 0. The summed E-state index contributed by atoms with van der Waals surface area (Å²) in [7, 11) is 0. The van der Waals surface area contributed by atoms with Gasteiger partial charge in [0.2, 0.25) is 0 Å². The van der Waals surface area contributed by atoms with E-state index < -0.39 is 0 Å². The van der Waals surface area contributed by atoms with Crippen molar-refractivity contribution in [1.29, 1.82) is 0 Å². The molecule has 12 heavy (non-hydrogen) atoms. The van der Waals surface area contributed by atoms with Crippen LogP contribution in [0.5, 0.6) is 0 Å². The molecule has 1 aromatic rings. The van der Waals surface area contributed by atoms with E-state index in [1.165, 1.54) is 0 Å². The number of hydrogen-bond donors (Lipinski definition) is 0. The van der Waals surface area contributed by atoms with Crippen LogP contribution in [0.4, 0.5) is 0 Å². The van der Waals surface area contributed by atoms with E-state index in [0.717, 1.165) is 6.42 Å². The van der Waals surface area contributed by atoms with E-state index in [4.69, 9.17) is 0 Å². The monoisotopic (exact) mass is 182 g/mol. The third-order valence-corrected chi connectivity index (χ3v) is 1.14. The molecule has 0 nitrogen and oxygen atoms in total. The van der Waals surface area contributed by atoms with Gasteiger partial charge in [-0.1, -0.05) is 55.5 Å². The first-order valence-electron chi connectivity index (χ1n) is 4.03. The quantitative estimate of drug-likeness (QED) is 0.580. The molecule has 0 fully saturated rings. The molecule has 0 aliphatic heterocycles. The lowest BCUT2D eigenvalue weighted by Crippen LogP contribution is -1.47. The van der Waals surface area contributed by atoms with Crippen LogP contribution in [-0.4, -0.2) is 0 Å². The van der Waals surface area contributed by atoms with E-state index in [1.807, 2.05) is 43.3 Å². The molecule has 0 unspecified atom stereocenters. The summed E-state index contributed by atoms with van der Waals surface area (Å²) in [5, 5.41) is 0. The summed E-state index contributed by atoms with van der Waals surface area (Å²) in [6.07, 6.45) is 5.34. The van der Waals surface area contributed by atoms with E-state index in [-0.39, 0.29) is 13.5 Å². The first-order valence-corrected chi connectivity index (χ1v) is 4.03. The van der Waals surface area contributed by atoms with Crippen LogP contribution in [-0.2, 0) is 0 Å². The molecule has 0 N–H and O–H groups in total. The van der Waals surface area contributed by atoms with Gasteiger partial charge in [-0.2, -0.15) is 13.5 Å². The Balaban J connectivity index is 0. The van der Waals surface area contributed by atoms with E-state index in [1.54, 1.807) is 0 Å². The van der Waals surface area contributed by atoms with Gasteiger partial charge in [-0.15, -0.1) is 0 Å². The fourth-order valence-corrected chi connectivity index (χ4v) is 0.621. The molecule has 0 saturated carbocycles.